The van der Waals surface area contributed by atoms with Crippen LogP contribution < -0.4 is 0 Å². The Kier molecular flexibility index (Phi) is 8.62. The van der Waals surface area contributed by atoms with Gasteiger partial charge in [-0.2, -0.15) is 5.06 Å². The van der Waals surface area contributed by atoms with Crippen LogP contribution in [0.2, 0.25) is 0 Å². The van der Waals surface area contributed by atoms with E-state index in [0.29, 0.717) is 5.57 Å². The molecular weight excluding hydrogens is 314 g/mol. The molecule has 4 nitrogen and oxygen atoms in total. The van der Waals surface area contributed by atoms with Crippen molar-refractivity contribution in [1.82, 2.24) is 5.06 Å². The molecule has 1 saturated heterocycles. The van der Waals surface area contributed by atoms with Gasteiger partial charge in [0.15, 0.2) is 0 Å². The highest BCUT2D eigenvalue weighted by Gasteiger charge is 2.47. The molecule has 0 N–H and O–H groups in total. The summed E-state index contributed by atoms with van der Waals surface area (Å²) in [5, 5.41) is 2.14. The van der Waals surface area contributed by atoms with Gasteiger partial charge in [-0.3, -0.25) is 4.84 Å². The van der Waals surface area contributed by atoms with E-state index in [1.807, 2.05) is 0 Å². The number of nitrogens with zero attached hydrogens (tertiary/aromatic N) is 1. The van der Waals surface area contributed by atoms with Gasteiger partial charge in [-0.05, 0) is 41.0 Å². The van der Waals surface area contributed by atoms with Crippen molar-refractivity contribution in [1.29, 1.82) is 0 Å². The van der Waals surface area contributed by atoms with Crippen LogP contribution in [0.15, 0.2) is 12.2 Å². The molecule has 0 unspecified atom stereocenters. The second-order valence-corrected chi connectivity index (χ2v) is 8.74. The Balaban J connectivity index is 2.52. The monoisotopic (exact) mass is 353 g/mol. The molecular formula is C21H39NO3. The lowest BCUT2D eigenvalue weighted by molar-refractivity contribution is -0.293. The molecule has 0 radical (unpaired) electrons. The third kappa shape index (κ3) is 7.10. The van der Waals surface area contributed by atoms with Crippen molar-refractivity contribution >= 4 is 5.97 Å². The number of carbonyl (C=O) groups excluding carboxylic acids is 1. The van der Waals surface area contributed by atoms with E-state index in [4.69, 9.17) is 9.57 Å². The SMILES string of the molecule is C=C(C)C(=O)OC1CC(C)(C)N(OCCCCCCCC)C(C)(C)C1. The normalized spacial score (nSPS) is 20.4. The van der Waals surface area contributed by atoms with Crippen LogP contribution in [0.25, 0.3) is 0 Å². The molecule has 0 aromatic heterocycles. The molecule has 1 heterocycles. The van der Waals surface area contributed by atoms with Crippen LogP contribution in [-0.2, 0) is 14.4 Å². The van der Waals surface area contributed by atoms with Crippen LogP contribution in [0.5, 0.6) is 0 Å². The summed E-state index contributed by atoms with van der Waals surface area (Å²) in [6.45, 7) is 17.0. The summed E-state index contributed by atoms with van der Waals surface area (Å²) in [6.07, 6.45) is 9.01. The zero-order valence-corrected chi connectivity index (χ0v) is 17.3. The molecule has 0 aliphatic carbocycles. The van der Waals surface area contributed by atoms with Gasteiger partial charge < -0.3 is 4.74 Å². The third-order valence-corrected chi connectivity index (χ3v) is 4.89. The smallest absolute Gasteiger partial charge is 0.333 e. The van der Waals surface area contributed by atoms with Crippen molar-refractivity contribution in [3.8, 4) is 0 Å². The maximum Gasteiger partial charge on any atom is 0.333 e. The number of esters is 1. The lowest BCUT2D eigenvalue weighted by Crippen LogP contribution is -2.62. The van der Waals surface area contributed by atoms with E-state index in [2.05, 4.69) is 46.3 Å². The summed E-state index contributed by atoms with van der Waals surface area (Å²) >= 11 is 0. The number of piperidine rings is 1. The molecule has 0 aromatic carbocycles. The molecule has 1 aliphatic rings. The van der Waals surface area contributed by atoms with E-state index >= 15 is 0 Å². The van der Waals surface area contributed by atoms with Crippen molar-refractivity contribution in [2.24, 2.45) is 0 Å². The quantitative estimate of drug-likeness (QED) is 0.299. The van der Waals surface area contributed by atoms with Crippen LogP contribution in [-0.4, -0.2) is 34.8 Å². The van der Waals surface area contributed by atoms with Gasteiger partial charge in [0.1, 0.15) is 6.10 Å². The Labute approximate surface area is 154 Å². The predicted molar refractivity (Wildman–Crippen MR) is 103 cm³/mol. The van der Waals surface area contributed by atoms with E-state index in [-0.39, 0.29) is 23.2 Å². The van der Waals surface area contributed by atoms with Crippen LogP contribution >= 0.6 is 0 Å². The van der Waals surface area contributed by atoms with Gasteiger partial charge in [0, 0.05) is 29.5 Å². The maximum absolute atomic E-state index is 11.9. The highest BCUT2D eigenvalue weighted by atomic mass is 16.7. The second kappa shape index (κ2) is 9.72. The van der Waals surface area contributed by atoms with Gasteiger partial charge >= 0.3 is 5.97 Å². The van der Waals surface area contributed by atoms with Gasteiger partial charge in [0.05, 0.1) is 6.61 Å². The molecule has 0 spiro atoms. The predicted octanol–water partition coefficient (Wildman–Crippen LogP) is 5.42. The van der Waals surface area contributed by atoms with E-state index in [0.717, 1.165) is 25.9 Å². The zero-order chi connectivity index (χ0) is 19.1. The van der Waals surface area contributed by atoms with Crippen molar-refractivity contribution in [2.45, 2.75) is 110 Å². The number of carbonyl (C=O) groups is 1. The first-order chi connectivity index (χ1) is 11.6. The summed E-state index contributed by atoms with van der Waals surface area (Å²) in [7, 11) is 0. The van der Waals surface area contributed by atoms with Gasteiger partial charge in [-0.15, -0.1) is 0 Å². The van der Waals surface area contributed by atoms with Crippen LogP contribution in [0.3, 0.4) is 0 Å². The van der Waals surface area contributed by atoms with E-state index in [1.165, 1.54) is 32.1 Å². The third-order valence-electron chi connectivity index (χ3n) is 4.89. The molecule has 0 atom stereocenters. The standard InChI is InChI=1S/C21H39NO3/c1-8-9-10-11-12-13-14-24-22-20(4,5)15-18(16-21(22,6)7)25-19(23)17(2)3/h18H,2,8-16H2,1,3-7H3. The fourth-order valence-electron chi connectivity index (χ4n) is 3.89. The fourth-order valence-corrected chi connectivity index (χ4v) is 3.89. The lowest BCUT2D eigenvalue weighted by atomic mass is 9.80. The molecule has 146 valence electrons. The highest BCUT2D eigenvalue weighted by molar-refractivity contribution is 5.87. The van der Waals surface area contributed by atoms with Crippen molar-refractivity contribution in [3.05, 3.63) is 12.2 Å². The molecule has 0 bridgehead atoms. The zero-order valence-electron chi connectivity index (χ0n) is 17.3. The molecule has 0 aromatic rings. The van der Waals surface area contributed by atoms with Crippen LogP contribution in [0.1, 0.15) is 92.9 Å². The minimum Gasteiger partial charge on any atom is -0.459 e. The molecule has 1 aliphatic heterocycles. The summed E-state index contributed by atoms with van der Waals surface area (Å²) in [5.41, 5.74) is 0.103. The average Bonchev–Trinajstić information content (AvgIpc) is 2.47. The molecule has 4 heteroatoms. The molecule has 1 rings (SSSR count). The Hall–Kier alpha value is -0.870. The van der Waals surface area contributed by atoms with Crippen molar-refractivity contribution in [2.75, 3.05) is 6.61 Å². The highest BCUT2D eigenvalue weighted by Crippen LogP contribution is 2.40. The number of hydrogen-bond donors (Lipinski definition) is 0. The minimum atomic E-state index is -0.293. The largest absolute Gasteiger partial charge is 0.459 e. The summed E-state index contributed by atoms with van der Waals surface area (Å²) < 4.78 is 5.63. The van der Waals surface area contributed by atoms with Gasteiger partial charge in [0.25, 0.3) is 0 Å². The molecule has 25 heavy (non-hydrogen) atoms. The van der Waals surface area contributed by atoms with Gasteiger partial charge in [-0.25, -0.2) is 4.79 Å². The first kappa shape index (κ1) is 22.2. The number of unbranched alkanes of at least 4 members (excludes halogenated alkanes) is 5. The van der Waals surface area contributed by atoms with Gasteiger partial charge in [-0.1, -0.05) is 45.6 Å². The molecule has 0 saturated carbocycles. The molecule has 0 amide bonds. The maximum atomic E-state index is 11.9. The first-order valence-electron chi connectivity index (χ1n) is 9.90. The van der Waals surface area contributed by atoms with Gasteiger partial charge in [0.2, 0.25) is 0 Å². The Morgan fingerprint density at radius 3 is 2.08 bits per heavy atom. The van der Waals surface area contributed by atoms with E-state index in [1.54, 1.807) is 6.92 Å². The van der Waals surface area contributed by atoms with Crippen LogP contribution in [0, 0.1) is 0 Å². The number of rotatable bonds is 10. The van der Waals surface area contributed by atoms with E-state index < -0.39 is 0 Å². The number of ether oxygens (including phenoxy) is 1. The topological polar surface area (TPSA) is 38.8 Å². The Morgan fingerprint density at radius 1 is 1.04 bits per heavy atom. The summed E-state index contributed by atoms with van der Waals surface area (Å²) in [4.78, 5) is 18.1. The summed E-state index contributed by atoms with van der Waals surface area (Å²) in [6, 6.07) is 0. The second-order valence-electron chi connectivity index (χ2n) is 8.74. The fraction of sp³-hybridized carbons (Fsp3) is 0.857. The van der Waals surface area contributed by atoms with E-state index in [9.17, 15) is 4.79 Å². The van der Waals surface area contributed by atoms with Crippen LogP contribution in [0.4, 0.5) is 0 Å². The Morgan fingerprint density at radius 2 is 1.56 bits per heavy atom. The molecule has 1 fully saturated rings. The van der Waals surface area contributed by atoms with Crippen molar-refractivity contribution in [3.63, 3.8) is 0 Å². The first-order valence-corrected chi connectivity index (χ1v) is 9.90. The minimum absolute atomic E-state index is 0.0944. The lowest BCUT2D eigenvalue weighted by Gasteiger charge is -2.53. The Bertz CT molecular complexity index is 424. The summed E-state index contributed by atoms with van der Waals surface area (Å²) in [5.74, 6) is -0.293. The average molecular weight is 354 g/mol. The number of hydrogen-bond acceptors (Lipinski definition) is 4. The van der Waals surface area contributed by atoms with Crippen molar-refractivity contribution < 1.29 is 14.4 Å². The number of hydroxylamine groups is 2.